The third-order valence-electron chi connectivity index (χ3n) is 4.48. The molecule has 1 aliphatic rings. The van der Waals surface area contributed by atoms with E-state index in [0.717, 1.165) is 11.3 Å². The fraction of sp³-hybridized carbons (Fsp3) is 0.438. The Bertz CT molecular complexity index is 879. The molecule has 1 N–H and O–H groups in total. The van der Waals surface area contributed by atoms with Gasteiger partial charge in [-0.15, -0.1) is 0 Å². The summed E-state index contributed by atoms with van der Waals surface area (Å²) in [7, 11) is -2.00. The number of aromatic amines is 1. The third-order valence-corrected chi connectivity index (χ3v) is 6.44. The lowest BCUT2D eigenvalue weighted by Crippen LogP contribution is -2.35. The lowest BCUT2D eigenvalue weighted by Gasteiger charge is -2.26. The highest BCUT2D eigenvalue weighted by atomic mass is 32.2. The Morgan fingerprint density at radius 3 is 2.88 bits per heavy atom. The van der Waals surface area contributed by atoms with Gasteiger partial charge in [0.25, 0.3) is 0 Å². The molecule has 2 aromatic rings. The number of ether oxygens (including phenoxy) is 1. The molecule has 3 rings (SSSR count). The van der Waals surface area contributed by atoms with Crippen molar-refractivity contribution in [1.29, 1.82) is 0 Å². The van der Waals surface area contributed by atoms with Crippen LogP contribution in [0.2, 0.25) is 0 Å². The van der Waals surface area contributed by atoms with Gasteiger partial charge in [0.1, 0.15) is 10.6 Å². The quantitative estimate of drug-likeness (QED) is 0.848. The first kappa shape index (κ1) is 16.8. The first-order chi connectivity index (χ1) is 11.4. The number of esters is 1. The number of carbonyl (C=O) groups is 1. The van der Waals surface area contributed by atoms with Gasteiger partial charge in [-0.25, -0.2) is 13.2 Å². The molecule has 0 radical (unpaired) electrons. The smallest absolute Gasteiger partial charge is 0.354 e. The summed E-state index contributed by atoms with van der Waals surface area (Å²) in [4.78, 5) is 15.3. The number of hydrogen-bond acceptors (Lipinski definition) is 4. The van der Waals surface area contributed by atoms with Crippen LogP contribution >= 0.6 is 0 Å². The summed E-state index contributed by atoms with van der Waals surface area (Å²) in [5.74, 6) is -0.517. The van der Waals surface area contributed by atoms with Crippen LogP contribution in [0.25, 0.3) is 0 Å². The molecule has 3 heterocycles. The Labute approximate surface area is 141 Å². The van der Waals surface area contributed by atoms with Crippen LogP contribution in [0.15, 0.2) is 23.2 Å². The van der Waals surface area contributed by atoms with E-state index in [0.29, 0.717) is 25.2 Å². The number of aromatic nitrogens is 2. The maximum Gasteiger partial charge on any atom is 0.354 e. The maximum absolute atomic E-state index is 13.0. The van der Waals surface area contributed by atoms with Crippen LogP contribution in [0, 0.1) is 6.92 Å². The first-order valence-corrected chi connectivity index (χ1v) is 9.29. The summed E-state index contributed by atoms with van der Waals surface area (Å²) in [6, 6.07) is 3.31. The molecule has 0 amide bonds. The minimum atomic E-state index is -3.67. The molecule has 0 aliphatic carbocycles. The standard InChI is InChI=1S/C16H21N3O4S/c1-4-23-16(20)14-9-15(11(2)18(14)3)24(21,22)19-8-6-13-12(10-19)5-7-17-13/h5,7,9,17H,4,6,8,10H2,1-3H3. The lowest BCUT2D eigenvalue weighted by atomic mass is 10.1. The van der Waals surface area contributed by atoms with Gasteiger partial charge < -0.3 is 14.3 Å². The second-order valence-corrected chi connectivity index (χ2v) is 7.74. The Balaban J connectivity index is 1.96. The second kappa shape index (κ2) is 6.10. The van der Waals surface area contributed by atoms with Gasteiger partial charge in [0, 0.05) is 44.1 Å². The van der Waals surface area contributed by atoms with E-state index in [1.54, 1.807) is 25.5 Å². The van der Waals surface area contributed by atoms with Crippen LogP contribution < -0.4 is 0 Å². The van der Waals surface area contributed by atoms with Crippen molar-refractivity contribution in [3.8, 4) is 0 Å². The van der Waals surface area contributed by atoms with Crippen molar-refractivity contribution in [2.24, 2.45) is 7.05 Å². The van der Waals surface area contributed by atoms with E-state index >= 15 is 0 Å². The second-order valence-electron chi connectivity index (χ2n) is 5.83. The number of nitrogens with zero attached hydrogens (tertiary/aromatic N) is 2. The predicted molar refractivity (Wildman–Crippen MR) is 88.2 cm³/mol. The summed E-state index contributed by atoms with van der Waals surface area (Å²) < 4.78 is 34.1. The minimum Gasteiger partial charge on any atom is -0.461 e. The zero-order valence-corrected chi connectivity index (χ0v) is 14.8. The Morgan fingerprint density at radius 2 is 2.17 bits per heavy atom. The van der Waals surface area contributed by atoms with Gasteiger partial charge in [-0.1, -0.05) is 0 Å². The van der Waals surface area contributed by atoms with Crippen LogP contribution in [0.3, 0.4) is 0 Å². The average Bonchev–Trinajstić information content (AvgIpc) is 3.12. The first-order valence-electron chi connectivity index (χ1n) is 7.85. The number of sulfonamides is 1. The summed E-state index contributed by atoms with van der Waals surface area (Å²) in [6.45, 7) is 4.41. The molecule has 8 heteroatoms. The van der Waals surface area contributed by atoms with E-state index < -0.39 is 16.0 Å². The predicted octanol–water partition coefficient (Wildman–Crippen LogP) is 1.59. The van der Waals surface area contributed by atoms with E-state index in [4.69, 9.17) is 4.74 Å². The molecule has 0 saturated heterocycles. The van der Waals surface area contributed by atoms with Crippen molar-refractivity contribution in [2.45, 2.75) is 31.7 Å². The van der Waals surface area contributed by atoms with Gasteiger partial charge in [0.05, 0.1) is 6.61 Å². The van der Waals surface area contributed by atoms with Crippen molar-refractivity contribution in [3.63, 3.8) is 0 Å². The average molecular weight is 351 g/mol. The molecule has 2 aromatic heterocycles. The fourth-order valence-corrected chi connectivity index (χ4v) is 4.69. The molecule has 0 unspecified atom stereocenters. The Morgan fingerprint density at radius 1 is 1.42 bits per heavy atom. The highest BCUT2D eigenvalue weighted by Crippen LogP contribution is 2.28. The topological polar surface area (TPSA) is 84.4 Å². The molecular weight excluding hydrogens is 330 g/mol. The monoisotopic (exact) mass is 351 g/mol. The van der Waals surface area contributed by atoms with E-state index in [1.807, 2.05) is 12.3 Å². The van der Waals surface area contributed by atoms with Crippen molar-refractivity contribution in [3.05, 3.63) is 41.0 Å². The highest BCUT2D eigenvalue weighted by molar-refractivity contribution is 7.89. The number of hydrogen-bond donors (Lipinski definition) is 1. The van der Waals surface area contributed by atoms with Crippen molar-refractivity contribution in [1.82, 2.24) is 13.9 Å². The van der Waals surface area contributed by atoms with Crippen LogP contribution in [-0.4, -0.2) is 41.4 Å². The van der Waals surface area contributed by atoms with Gasteiger partial charge in [-0.05, 0) is 31.5 Å². The molecule has 0 atom stereocenters. The normalized spacial score (nSPS) is 15.3. The zero-order valence-electron chi connectivity index (χ0n) is 14.0. The molecule has 0 fully saturated rings. The number of rotatable bonds is 4. The fourth-order valence-electron chi connectivity index (χ4n) is 3.00. The van der Waals surface area contributed by atoms with E-state index in [9.17, 15) is 13.2 Å². The number of H-pyrrole nitrogens is 1. The largest absolute Gasteiger partial charge is 0.461 e. The van der Waals surface area contributed by atoms with Gasteiger partial charge >= 0.3 is 5.97 Å². The van der Waals surface area contributed by atoms with E-state index in [-0.39, 0.29) is 17.2 Å². The summed E-state index contributed by atoms with van der Waals surface area (Å²) >= 11 is 0. The van der Waals surface area contributed by atoms with E-state index in [2.05, 4.69) is 4.98 Å². The van der Waals surface area contributed by atoms with Gasteiger partial charge in [0.2, 0.25) is 10.0 Å². The molecule has 1 aliphatic heterocycles. The Hall–Kier alpha value is -2.06. The van der Waals surface area contributed by atoms with Crippen molar-refractivity contribution < 1.29 is 17.9 Å². The number of nitrogens with one attached hydrogen (secondary N) is 1. The van der Waals surface area contributed by atoms with Gasteiger partial charge in [-0.3, -0.25) is 0 Å². The molecule has 0 bridgehead atoms. The molecule has 7 nitrogen and oxygen atoms in total. The third kappa shape index (κ3) is 2.65. The molecule has 0 saturated carbocycles. The molecule has 24 heavy (non-hydrogen) atoms. The van der Waals surface area contributed by atoms with Crippen LogP contribution in [0.4, 0.5) is 0 Å². The van der Waals surface area contributed by atoms with Crippen LogP contribution in [-0.2, 0) is 34.8 Å². The van der Waals surface area contributed by atoms with Gasteiger partial charge in [0.15, 0.2) is 0 Å². The highest BCUT2D eigenvalue weighted by Gasteiger charge is 2.32. The molecule has 130 valence electrons. The Kier molecular flexibility index (Phi) is 4.27. The number of fused-ring (bicyclic) bond motifs is 1. The van der Waals surface area contributed by atoms with Crippen molar-refractivity contribution >= 4 is 16.0 Å². The molecule has 0 aromatic carbocycles. The van der Waals surface area contributed by atoms with Gasteiger partial charge in [-0.2, -0.15) is 4.31 Å². The van der Waals surface area contributed by atoms with Crippen LogP contribution in [0.5, 0.6) is 0 Å². The van der Waals surface area contributed by atoms with Crippen LogP contribution in [0.1, 0.15) is 34.4 Å². The molecular formula is C16H21N3O4S. The minimum absolute atomic E-state index is 0.159. The summed E-state index contributed by atoms with van der Waals surface area (Å²) in [5, 5.41) is 0. The SMILES string of the molecule is CCOC(=O)c1cc(S(=O)(=O)N2CCc3[nH]ccc3C2)c(C)n1C. The summed E-state index contributed by atoms with van der Waals surface area (Å²) in [6.07, 6.45) is 2.48. The number of carbonyl (C=O) groups excluding carboxylic acids is 1. The lowest BCUT2D eigenvalue weighted by molar-refractivity contribution is 0.0515. The van der Waals surface area contributed by atoms with E-state index in [1.165, 1.54) is 10.4 Å². The maximum atomic E-state index is 13.0. The molecule has 0 spiro atoms. The zero-order chi connectivity index (χ0) is 17.5. The van der Waals surface area contributed by atoms with Crippen molar-refractivity contribution in [2.75, 3.05) is 13.2 Å². The summed E-state index contributed by atoms with van der Waals surface area (Å²) in [5.41, 5.74) is 2.84.